The number of nitrogens with one attached hydrogen (secondary N) is 2. The zero-order chi connectivity index (χ0) is 19.3. The summed E-state index contributed by atoms with van der Waals surface area (Å²) in [5.74, 6) is -0.970. The van der Waals surface area contributed by atoms with Gasteiger partial charge in [-0.2, -0.15) is 0 Å². The van der Waals surface area contributed by atoms with E-state index in [1.54, 1.807) is 0 Å². The zero-order valence-electron chi connectivity index (χ0n) is 16.1. The van der Waals surface area contributed by atoms with Crippen LogP contribution in [0.5, 0.6) is 0 Å². The number of rotatable bonds is 7. The van der Waals surface area contributed by atoms with Crippen molar-refractivity contribution in [1.29, 1.82) is 0 Å². The summed E-state index contributed by atoms with van der Waals surface area (Å²) in [5.41, 5.74) is 1.32. The van der Waals surface area contributed by atoms with Crippen LogP contribution in [-0.2, 0) is 11.3 Å². The Balaban J connectivity index is 1.45. The van der Waals surface area contributed by atoms with Crippen LogP contribution in [0, 0.1) is 5.92 Å². The number of benzene rings is 1. The highest BCUT2D eigenvalue weighted by molar-refractivity contribution is 5.74. The number of carboxylic acid groups (broad SMARTS) is 1. The van der Waals surface area contributed by atoms with Crippen LogP contribution < -0.4 is 10.6 Å². The van der Waals surface area contributed by atoms with Gasteiger partial charge in [0.2, 0.25) is 0 Å². The fourth-order valence-corrected chi connectivity index (χ4v) is 4.27. The zero-order valence-corrected chi connectivity index (χ0v) is 16.1. The highest BCUT2D eigenvalue weighted by Gasteiger charge is 2.41. The number of nitrogens with zero attached hydrogens (tertiary/aromatic N) is 1. The van der Waals surface area contributed by atoms with E-state index < -0.39 is 5.97 Å². The van der Waals surface area contributed by atoms with E-state index in [0.29, 0.717) is 19.4 Å². The van der Waals surface area contributed by atoms with Crippen molar-refractivity contribution < 1.29 is 14.7 Å². The number of carbonyl (C=O) groups excluding carboxylic acids is 1. The van der Waals surface area contributed by atoms with Gasteiger partial charge in [-0.15, -0.1) is 0 Å². The van der Waals surface area contributed by atoms with Gasteiger partial charge >= 0.3 is 12.0 Å². The van der Waals surface area contributed by atoms with Gasteiger partial charge in [0.15, 0.2) is 0 Å². The summed E-state index contributed by atoms with van der Waals surface area (Å²) in [6, 6.07) is 10.4. The van der Waals surface area contributed by atoms with Crippen molar-refractivity contribution in [3.05, 3.63) is 35.9 Å². The minimum atomic E-state index is -0.716. The first-order valence-electron chi connectivity index (χ1n) is 10.0. The van der Waals surface area contributed by atoms with Crippen LogP contribution in [0.3, 0.4) is 0 Å². The molecule has 0 aliphatic heterocycles. The van der Waals surface area contributed by atoms with Crippen LogP contribution in [0.1, 0.15) is 50.5 Å². The third kappa shape index (κ3) is 5.01. The van der Waals surface area contributed by atoms with Crippen molar-refractivity contribution in [3.8, 4) is 0 Å². The monoisotopic (exact) mass is 373 g/mol. The van der Waals surface area contributed by atoms with Crippen molar-refractivity contribution in [2.24, 2.45) is 5.92 Å². The van der Waals surface area contributed by atoms with Gasteiger partial charge in [-0.1, -0.05) is 30.3 Å². The molecule has 148 valence electrons. The number of hydrogen-bond donors (Lipinski definition) is 3. The SMILES string of the molecule is CN(Cc1ccccc1)C1(CNC(=O)NC2CCC(C(=O)O)CC2)CCC1. The summed E-state index contributed by atoms with van der Waals surface area (Å²) in [4.78, 5) is 25.7. The van der Waals surface area contributed by atoms with E-state index in [4.69, 9.17) is 5.11 Å². The lowest BCUT2D eigenvalue weighted by atomic mass is 9.75. The van der Waals surface area contributed by atoms with Crippen molar-refractivity contribution in [1.82, 2.24) is 15.5 Å². The molecule has 0 unspecified atom stereocenters. The standard InChI is InChI=1S/C21H31N3O3/c1-24(14-16-6-3-2-4-7-16)21(12-5-13-21)15-22-20(27)23-18-10-8-17(9-11-18)19(25)26/h2-4,6-7,17-18H,5,8-15H2,1H3,(H,25,26)(H2,22,23,27). The molecule has 27 heavy (non-hydrogen) atoms. The van der Waals surface area contributed by atoms with E-state index in [0.717, 1.165) is 32.2 Å². The lowest BCUT2D eigenvalue weighted by molar-refractivity contribution is -0.142. The third-order valence-corrected chi connectivity index (χ3v) is 6.35. The molecule has 0 bridgehead atoms. The fraction of sp³-hybridized carbons (Fsp3) is 0.619. The minimum Gasteiger partial charge on any atom is -0.481 e. The Morgan fingerprint density at radius 1 is 1.15 bits per heavy atom. The van der Waals surface area contributed by atoms with Gasteiger partial charge in [-0.25, -0.2) is 4.79 Å². The van der Waals surface area contributed by atoms with Crippen LogP contribution in [0.15, 0.2) is 30.3 Å². The third-order valence-electron chi connectivity index (χ3n) is 6.35. The first-order chi connectivity index (χ1) is 13.0. The second-order valence-electron chi connectivity index (χ2n) is 8.13. The Labute approximate surface area is 161 Å². The summed E-state index contributed by atoms with van der Waals surface area (Å²) in [6.45, 7) is 1.52. The average Bonchev–Trinajstić information content (AvgIpc) is 2.62. The Kier molecular flexibility index (Phi) is 6.37. The average molecular weight is 373 g/mol. The molecule has 0 heterocycles. The second kappa shape index (κ2) is 8.74. The molecule has 0 atom stereocenters. The maximum atomic E-state index is 12.3. The van der Waals surface area contributed by atoms with Crippen molar-refractivity contribution in [3.63, 3.8) is 0 Å². The second-order valence-corrected chi connectivity index (χ2v) is 8.13. The van der Waals surface area contributed by atoms with E-state index in [1.165, 1.54) is 12.0 Å². The van der Waals surface area contributed by atoms with E-state index in [1.807, 2.05) is 6.07 Å². The van der Waals surface area contributed by atoms with Gasteiger partial charge in [0, 0.05) is 24.7 Å². The summed E-state index contributed by atoms with van der Waals surface area (Å²) in [5, 5.41) is 15.2. The number of carboxylic acids is 1. The smallest absolute Gasteiger partial charge is 0.315 e. The van der Waals surface area contributed by atoms with Crippen LogP contribution in [0.25, 0.3) is 0 Å². The molecule has 1 aromatic rings. The molecule has 2 saturated carbocycles. The Morgan fingerprint density at radius 3 is 2.37 bits per heavy atom. The number of aliphatic carboxylic acids is 1. The maximum Gasteiger partial charge on any atom is 0.315 e. The quantitative estimate of drug-likeness (QED) is 0.686. The minimum absolute atomic E-state index is 0.0359. The number of amides is 2. The molecule has 3 rings (SSSR count). The molecular formula is C21H31N3O3. The van der Waals surface area contributed by atoms with E-state index in [-0.39, 0.29) is 23.5 Å². The number of hydrogen-bond acceptors (Lipinski definition) is 3. The molecule has 0 radical (unpaired) electrons. The Hall–Kier alpha value is -2.08. The molecule has 6 heteroatoms. The normalized spacial score (nSPS) is 24.1. The van der Waals surface area contributed by atoms with E-state index in [9.17, 15) is 9.59 Å². The summed E-state index contributed by atoms with van der Waals surface area (Å²) >= 11 is 0. The molecule has 6 nitrogen and oxygen atoms in total. The van der Waals surface area contributed by atoms with Gasteiger partial charge in [-0.3, -0.25) is 9.69 Å². The van der Waals surface area contributed by atoms with Crippen LogP contribution in [0.2, 0.25) is 0 Å². The molecule has 2 aliphatic rings. The number of likely N-dealkylation sites (N-methyl/N-ethyl adjacent to an activating group) is 1. The van der Waals surface area contributed by atoms with Gasteiger partial charge in [-0.05, 0) is 57.6 Å². The van der Waals surface area contributed by atoms with Gasteiger partial charge in [0.05, 0.1) is 5.92 Å². The van der Waals surface area contributed by atoms with Crippen molar-refractivity contribution >= 4 is 12.0 Å². The first-order valence-corrected chi connectivity index (χ1v) is 10.0. The highest BCUT2D eigenvalue weighted by Crippen LogP contribution is 2.37. The Morgan fingerprint density at radius 2 is 1.81 bits per heavy atom. The lowest BCUT2D eigenvalue weighted by Gasteiger charge is -2.49. The van der Waals surface area contributed by atoms with Crippen LogP contribution in [-0.4, -0.2) is 47.2 Å². The lowest BCUT2D eigenvalue weighted by Crippen LogP contribution is -2.59. The molecule has 2 amide bonds. The van der Waals surface area contributed by atoms with Crippen LogP contribution in [0.4, 0.5) is 4.79 Å². The maximum absolute atomic E-state index is 12.3. The van der Waals surface area contributed by atoms with Gasteiger partial charge in [0.1, 0.15) is 0 Å². The summed E-state index contributed by atoms with van der Waals surface area (Å²) in [6.07, 6.45) is 6.16. The van der Waals surface area contributed by atoms with Crippen molar-refractivity contribution in [2.75, 3.05) is 13.6 Å². The van der Waals surface area contributed by atoms with Crippen LogP contribution >= 0.6 is 0 Å². The van der Waals surface area contributed by atoms with Crippen molar-refractivity contribution in [2.45, 2.75) is 63.1 Å². The largest absolute Gasteiger partial charge is 0.481 e. The number of carbonyl (C=O) groups is 2. The first kappa shape index (κ1) is 19.7. The topological polar surface area (TPSA) is 81.7 Å². The molecular weight excluding hydrogens is 342 g/mol. The predicted molar refractivity (Wildman–Crippen MR) is 104 cm³/mol. The predicted octanol–water partition coefficient (Wildman–Crippen LogP) is 2.98. The molecule has 2 aliphatic carbocycles. The molecule has 1 aromatic carbocycles. The summed E-state index contributed by atoms with van der Waals surface area (Å²) in [7, 11) is 2.14. The molecule has 2 fully saturated rings. The molecule has 0 saturated heterocycles. The highest BCUT2D eigenvalue weighted by atomic mass is 16.4. The fourth-order valence-electron chi connectivity index (χ4n) is 4.27. The summed E-state index contributed by atoms with van der Waals surface area (Å²) < 4.78 is 0. The van der Waals surface area contributed by atoms with E-state index >= 15 is 0 Å². The molecule has 0 spiro atoms. The van der Waals surface area contributed by atoms with E-state index in [2.05, 4.69) is 46.8 Å². The molecule has 3 N–H and O–H groups in total. The van der Waals surface area contributed by atoms with Gasteiger partial charge in [0.25, 0.3) is 0 Å². The molecule has 0 aromatic heterocycles. The number of urea groups is 1. The van der Waals surface area contributed by atoms with Gasteiger partial charge < -0.3 is 15.7 Å². The Bertz CT molecular complexity index is 637.